The molecule has 1 saturated heterocycles. The van der Waals surface area contributed by atoms with Crippen molar-refractivity contribution in [3.05, 3.63) is 82.0 Å². The van der Waals surface area contributed by atoms with E-state index in [0.29, 0.717) is 0 Å². The summed E-state index contributed by atoms with van der Waals surface area (Å²) >= 11 is 1.67. The van der Waals surface area contributed by atoms with Gasteiger partial charge in [0.05, 0.1) is 18.8 Å². The molecule has 1 aliphatic heterocycles. The van der Waals surface area contributed by atoms with Gasteiger partial charge in [-0.1, -0.05) is 30.3 Å². The third-order valence-electron chi connectivity index (χ3n) is 5.62. The van der Waals surface area contributed by atoms with Crippen molar-refractivity contribution < 1.29 is 24.4 Å². The number of aliphatic hydroxyl groups is 3. The molecule has 1 aliphatic rings. The number of ether oxygens (including phenoxy) is 1. The third-order valence-corrected chi connectivity index (χ3v) is 6.75. The third kappa shape index (κ3) is 4.48. The molecule has 4 atom stereocenters. The van der Waals surface area contributed by atoms with E-state index < -0.39 is 24.4 Å². The minimum Gasteiger partial charge on any atom is -0.394 e. The zero-order valence-electron chi connectivity index (χ0n) is 16.7. The summed E-state index contributed by atoms with van der Waals surface area (Å²) in [4.78, 5) is 2.27. The number of hydrogen-bond donors (Lipinski definition) is 3. The number of thiophene rings is 1. The van der Waals surface area contributed by atoms with Gasteiger partial charge in [0, 0.05) is 22.6 Å². The van der Waals surface area contributed by atoms with Crippen molar-refractivity contribution in [2.24, 2.45) is 0 Å². The molecule has 4 rings (SSSR count). The smallest absolute Gasteiger partial charge is 0.123 e. The lowest BCUT2D eigenvalue weighted by atomic mass is 9.91. The molecule has 2 heterocycles. The Labute approximate surface area is 179 Å². The van der Waals surface area contributed by atoms with Crippen LogP contribution in [-0.2, 0) is 11.2 Å². The molecule has 0 aliphatic carbocycles. The second-order valence-electron chi connectivity index (χ2n) is 7.78. The molecule has 1 aromatic heterocycles. The second kappa shape index (κ2) is 8.96. The van der Waals surface area contributed by atoms with E-state index in [1.807, 2.05) is 31.2 Å². The summed E-state index contributed by atoms with van der Waals surface area (Å²) in [6, 6.07) is 16.6. The maximum absolute atomic E-state index is 13.2. The van der Waals surface area contributed by atoms with Crippen molar-refractivity contribution in [3.63, 3.8) is 0 Å². The Morgan fingerprint density at radius 2 is 1.80 bits per heavy atom. The summed E-state index contributed by atoms with van der Waals surface area (Å²) in [5.74, 6) is -0.244. The molecule has 3 unspecified atom stereocenters. The van der Waals surface area contributed by atoms with Gasteiger partial charge >= 0.3 is 0 Å². The van der Waals surface area contributed by atoms with Crippen molar-refractivity contribution in [1.29, 1.82) is 0 Å². The number of rotatable bonds is 5. The van der Waals surface area contributed by atoms with Crippen LogP contribution >= 0.6 is 11.3 Å². The van der Waals surface area contributed by atoms with Crippen LogP contribution in [0, 0.1) is 12.7 Å². The molecule has 2 aromatic carbocycles. The van der Waals surface area contributed by atoms with Crippen LogP contribution in [0.4, 0.5) is 4.39 Å². The fraction of sp³-hybridized carbons (Fsp3) is 0.333. The summed E-state index contributed by atoms with van der Waals surface area (Å²) in [5.41, 5.74) is 4.09. The van der Waals surface area contributed by atoms with E-state index >= 15 is 0 Å². The van der Waals surface area contributed by atoms with Gasteiger partial charge < -0.3 is 20.1 Å². The largest absolute Gasteiger partial charge is 0.394 e. The van der Waals surface area contributed by atoms with Crippen molar-refractivity contribution >= 4 is 11.3 Å². The van der Waals surface area contributed by atoms with Gasteiger partial charge in [-0.2, -0.15) is 0 Å². The van der Waals surface area contributed by atoms with Crippen LogP contribution in [0.2, 0.25) is 0 Å². The maximum Gasteiger partial charge on any atom is 0.123 e. The zero-order valence-corrected chi connectivity index (χ0v) is 17.5. The highest BCUT2D eigenvalue weighted by molar-refractivity contribution is 7.15. The Morgan fingerprint density at radius 1 is 1.03 bits per heavy atom. The lowest BCUT2D eigenvalue weighted by Gasteiger charge is -2.37. The SMILES string of the molecule is Cc1ccc(C2OC(CO)[C@H](O)CC2O)cc1Cc1ccc(-c2ccc(F)cc2)s1. The van der Waals surface area contributed by atoms with E-state index in [1.165, 1.54) is 17.0 Å². The van der Waals surface area contributed by atoms with Crippen LogP contribution in [0.25, 0.3) is 10.4 Å². The standard InChI is InChI=1S/C24H25FO4S/c1-14-2-3-16(24-21(28)12-20(27)22(13-26)29-24)10-17(14)11-19-8-9-23(30-19)15-4-6-18(25)7-5-15/h2-10,20-22,24,26-28H,11-13H2,1H3/t20-,21?,22?,24?/m1/s1. The Morgan fingerprint density at radius 3 is 2.53 bits per heavy atom. The molecule has 4 nitrogen and oxygen atoms in total. The minimum absolute atomic E-state index is 0.172. The summed E-state index contributed by atoms with van der Waals surface area (Å²) in [6.45, 7) is 1.76. The molecular formula is C24H25FO4S. The van der Waals surface area contributed by atoms with Gasteiger partial charge in [0.15, 0.2) is 0 Å². The first-order valence-corrected chi connectivity index (χ1v) is 10.8. The molecule has 0 radical (unpaired) electrons. The van der Waals surface area contributed by atoms with E-state index in [1.54, 1.807) is 23.5 Å². The fourth-order valence-electron chi connectivity index (χ4n) is 3.85. The number of aryl methyl sites for hydroxylation is 1. The van der Waals surface area contributed by atoms with Crippen LogP contribution in [0.5, 0.6) is 0 Å². The zero-order chi connectivity index (χ0) is 21.3. The van der Waals surface area contributed by atoms with Crippen LogP contribution in [0.15, 0.2) is 54.6 Å². The Balaban J connectivity index is 1.55. The van der Waals surface area contributed by atoms with Gasteiger partial charge in [0.1, 0.15) is 18.0 Å². The van der Waals surface area contributed by atoms with Gasteiger partial charge in [0.2, 0.25) is 0 Å². The first kappa shape index (κ1) is 21.2. The summed E-state index contributed by atoms with van der Waals surface area (Å²) < 4.78 is 19.0. The number of benzene rings is 2. The molecular weight excluding hydrogens is 403 g/mol. The van der Waals surface area contributed by atoms with E-state index in [4.69, 9.17) is 4.74 Å². The monoisotopic (exact) mass is 428 g/mol. The normalized spacial score (nSPS) is 24.2. The van der Waals surface area contributed by atoms with E-state index in [-0.39, 0.29) is 18.8 Å². The molecule has 0 bridgehead atoms. The highest BCUT2D eigenvalue weighted by Crippen LogP contribution is 2.34. The molecule has 0 saturated carbocycles. The van der Waals surface area contributed by atoms with Crippen molar-refractivity contribution in [2.75, 3.05) is 6.61 Å². The van der Waals surface area contributed by atoms with Crippen LogP contribution in [0.3, 0.4) is 0 Å². The van der Waals surface area contributed by atoms with E-state index in [0.717, 1.165) is 33.6 Å². The van der Waals surface area contributed by atoms with Crippen molar-refractivity contribution in [2.45, 2.75) is 44.2 Å². The first-order chi connectivity index (χ1) is 14.4. The van der Waals surface area contributed by atoms with Crippen LogP contribution in [-0.4, -0.2) is 40.2 Å². The Hall–Kier alpha value is -2.09. The van der Waals surface area contributed by atoms with Gasteiger partial charge in [-0.05, 0) is 53.4 Å². The van der Waals surface area contributed by atoms with E-state index in [2.05, 4.69) is 6.07 Å². The lowest BCUT2D eigenvalue weighted by Crippen LogP contribution is -2.44. The molecule has 6 heteroatoms. The van der Waals surface area contributed by atoms with Gasteiger partial charge in [-0.3, -0.25) is 0 Å². The van der Waals surface area contributed by atoms with Crippen molar-refractivity contribution in [3.8, 4) is 10.4 Å². The van der Waals surface area contributed by atoms with Gasteiger partial charge in [-0.25, -0.2) is 4.39 Å². The molecule has 3 aromatic rings. The molecule has 30 heavy (non-hydrogen) atoms. The highest BCUT2D eigenvalue weighted by atomic mass is 32.1. The quantitative estimate of drug-likeness (QED) is 0.575. The first-order valence-electron chi connectivity index (χ1n) is 10.0. The number of halogens is 1. The Kier molecular flexibility index (Phi) is 6.32. The summed E-state index contributed by atoms with van der Waals surface area (Å²) in [6.07, 6.45) is -2.07. The lowest BCUT2D eigenvalue weighted by molar-refractivity contribution is -0.181. The minimum atomic E-state index is -0.873. The predicted molar refractivity (Wildman–Crippen MR) is 115 cm³/mol. The van der Waals surface area contributed by atoms with Crippen LogP contribution < -0.4 is 0 Å². The van der Waals surface area contributed by atoms with E-state index in [9.17, 15) is 19.7 Å². The maximum atomic E-state index is 13.2. The molecule has 0 amide bonds. The average molecular weight is 429 g/mol. The number of aliphatic hydroxyl groups excluding tert-OH is 3. The summed E-state index contributed by atoms with van der Waals surface area (Å²) in [7, 11) is 0. The predicted octanol–water partition coefficient (Wildman–Crippen LogP) is 4.00. The molecule has 1 fully saturated rings. The molecule has 3 N–H and O–H groups in total. The van der Waals surface area contributed by atoms with Gasteiger partial charge in [0.25, 0.3) is 0 Å². The van der Waals surface area contributed by atoms with Crippen LogP contribution in [0.1, 0.15) is 34.1 Å². The highest BCUT2D eigenvalue weighted by Gasteiger charge is 2.36. The van der Waals surface area contributed by atoms with Crippen molar-refractivity contribution in [1.82, 2.24) is 0 Å². The van der Waals surface area contributed by atoms with Gasteiger partial charge in [-0.15, -0.1) is 11.3 Å². The molecule has 0 spiro atoms. The second-order valence-corrected chi connectivity index (χ2v) is 8.95. The Bertz CT molecular complexity index is 1000. The average Bonchev–Trinajstić information content (AvgIpc) is 3.19. The topological polar surface area (TPSA) is 69.9 Å². The fourth-order valence-corrected chi connectivity index (χ4v) is 4.88. The summed E-state index contributed by atoms with van der Waals surface area (Å²) in [5, 5.41) is 29.8. The number of hydrogen-bond acceptors (Lipinski definition) is 5. The molecule has 158 valence electrons.